The molecule has 1 aliphatic carbocycles. The minimum Gasteiger partial charge on any atom is -0.383 e. The van der Waals surface area contributed by atoms with Crippen molar-refractivity contribution in [2.75, 3.05) is 20.0 Å². The minimum absolute atomic E-state index is 0.131. The lowest BCUT2D eigenvalue weighted by atomic mass is 10.1. The van der Waals surface area contributed by atoms with E-state index in [-0.39, 0.29) is 6.61 Å². The molecule has 1 saturated carbocycles. The molecule has 1 aromatic rings. The SMILES string of the molecule is COCC1(N)C(c2cccc(F)c2)C1S(C)(=O)=O. The van der Waals surface area contributed by atoms with Crippen molar-refractivity contribution in [1.29, 1.82) is 0 Å². The van der Waals surface area contributed by atoms with Crippen LogP contribution in [0.25, 0.3) is 0 Å². The van der Waals surface area contributed by atoms with Crippen molar-refractivity contribution in [1.82, 2.24) is 0 Å². The fraction of sp³-hybridized carbons (Fsp3) is 0.500. The molecule has 0 heterocycles. The van der Waals surface area contributed by atoms with Gasteiger partial charge in [0, 0.05) is 19.3 Å². The molecule has 0 radical (unpaired) electrons. The lowest BCUT2D eigenvalue weighted by molar-refractivity contribution is 0.171. The third-order valence-corrected chi connectivity index (χ3v) is 5.00. The lowest BCUT2D eigenvalue weighted by Crippen LogP contribution is -2.35. The van der Waals surface area contributed by atoms with E-state index in [1.54, 1.807) is 12.1 Å². The van der Waals surface area contributed by atoms with Crippen LogP contribution in [-0.4, -0.2) is 39.2 Å². The van der Waals surface area contributed by atoms with Crippen molar-refractivity contribution in [3.63, 3.8) is 0 Å². The molecule has 0 saturated heterocycles. The molecule has 0 spiro atoms. The van der Waals surface area contributed by atoms with Gasteiger partial charge >= 0.3 is 0 Å². The van der Waals surface area contributed by atoms with Gasteiger partial charge in [-0.15, -0.1) is 0 Å². The van der Waals surface area contributed by atoms with Gasteiger partial charge in [-0.25, -0.2) is 12.8 Å². The maximum absolute atomic E-state index is 13.2. The maximum atomic E-state index is 13.2. The van der Waals surface area contributed by atoms with E-state index in [1.165, 1.54) is 19.2 Å². The molecule has 4 nitrogen and oxygen atoms in total. The van der Waals surface area contributed by atoms with Gasteiger partial charge in [-0.1, -0.05) is 12.1 Å². The van der Waals surface area contributed by atoms with Crippen molar-refractivity contribution in [2.45, 2.75) is 16.7 Å². The molecule has 2 N–H and O–H groups in total. The Hall–Kier alpha value is -0.980. The first kappa shape index (κ1) is 13.5. The van der Waals surface area contributed by atoms with Gasteiger partial charge in [-0.2, -0.15) is 0 Å². The number of hydrogen-bond acceptors (Lipinski definition) is 4. The van der Waals surface area contributed by atoms with Crippen LogP contribution in [0.4, 0.5) is 4.39 Å². The van der Waals surface area contributed by atoms with Crippen LogP contribution >= 0.6 is 0 Å². The summed E-state index contributed by atoms with van der Waals surface area (Å²) in [5.41, 5.74) is 5.73. The molecular weight excluding hydrogens is 257 g/mol. The Labute approximate surface area is 106 Å². The monoisotopic (exact) mass is 273 g/mol. The standard InChI is InChI=1S/C12H16FNO3S/c1-17-7-12(14)10(11(12)18(2,15)16)8-4-3-5-9(13)6-8/h3-6,10-11H,7,14H2,1-2H3. The first-order valence-corrected chi connectivity index (χ1v) is 7.48. The van der Waals surface area contributed by atoms with Crippen LogP contribution in [-0.2, 0) is 14.6 Å². The van der Waals surface area contributed by atoms with Crippen molar-refractivity contribution < 1.29 is 17.5 Å². The van der Waals surface area contributed by atoms with E-state index in [2.05, 4.69) is 0 Å². The number of ether oxygens (including phenoxy) is 1. The fourth-order valence-corrected chi connectivity index (χ4v) is 4.51. The number of sulfone groups is 1. The Morgan fingerprint density at radius 3 is 2.67 bits per heavy atom. The first-order chi connectivity index (χ1) is 8.30. The van der Waals surface area contributed by atoms with Crippen LogP contribution < -0.4 is 5.73 Å². The second-order valence-corrected chi connectivity index (χ2v) is 7.00. The number of benzene rings is 1. The lowest BCUT2D eigenvalue weighted by Gasteiger charge is -2.10. The van der Waals surface area contributed by atoms with Gasteiger partial charge in [-0.3, -0.25) is 0 Å². The predicted molar refractivity (Wildman–Crippen MR) is 66.6 cm³/mol. The summed E-state index contributed by atoms with van der Waals surface area (Å²) in [6, 6.07) is 5.88. The summed E-state index contributed by atoms with van der Waals surface area (Å²) in [4.78, 5) is 0. The van der Waals surface area contributed by atoms with Crippen LogP contribution in [0.5, 0.6) is 0 Å². The Morgan fingerprint density at radius 1 is 1.50 bits per heavy atom. The number of methoxy groups -OCH3 is 1. The highest BCUT2D eigenvalue weighted by molar-refractivity contribution is 7.91. The second kappa shape index (κ2) is 4.29. The summed E-state index contributed by atoms with van der Waals surface area (Å²) in [5.74, 6) is -0.811. The zero-order valence-corrected chi connectivity index (χ0v) is 11.1. The highest BCUT2D eigenvalue weighted by Gasteiger charge is 2.68. The molecular formula is C12H16FNO3S. The van der Waals surface area contributed by atoms with Crippen molar-refractivity contribution in [3.05, 3.63) is 35.6 Å². The molecule has 0 amide bonds. The van der Waals surface area contributed by atoms with Gasteiger partial charge in [0.2, 0.25) is 0 Å². The highest BCUT2D eigenvalue weighted by atomic mass is 32.2. The average molecular weight is 273 g/mol. The minimum atomic E-state index is -3.30. The van der Waals surface area contributed by atoms with Crippen LogP contribution in [0, 0.1) is 5.82 Å². The molecule has 1 aliphatic rings. The van der Waals surface area contributed by atoms with Gasteiger partial charge < -0.3 is 10.5 Å². The van der Waals surface area contributed by atoms with Crippen LogP contribution in [0.2, 0.25) is 0 Å². The van der Waals surface area contributed by atoms with Crippen LogP contribution in [0.1, 0.15) is 11.5 Å². The Kier molecular flexibility index (Phi) is 3.21. The van der Waals surface area contributed by atoms with Crippen molar-refractivity contribution >= 4 is 9.84 Å². The quantitative estimate of drug-likeness (QED) is 0.876. The Bertz CT molecular complexity index is 560. The molecule has 3 atom stereocenters. The third kappa shape index (κ3) is 2.15. The summed E-state index contributed by atoms with van der Waals surface area (Å²) >= 11 is 0. The molecule has 18 heavy (non-hydrogen) atoms. The molecule has 3 unspecified atom stereocenters. The first-order valence-electron chi connectivity index (χ1n) is 5.53. The van der Waals surface area contributed by atoms with E-state index in [1.807, 2.05) is 0 Å². The van der Waals surface area contributed by atoms with Crippen molar-refractivity contribution in [2.24, 2.45) is 5.73 Å². The highest BCUT2D eigenvalue weighted by Crippen LogP contribution is 2.53. The van der Waals surface area contributed by atoms with Crippen LogP contribution in [0.15, 0.2) is 24.3 Å². The van der Waals surface area contributed by atoms with Gasteiger partial charge in [0.05, 0.1) is 17.4 Å². The van der Waals surface area contributed by atoms with Gasteiger partial charge in [-0.05, 0) is 17.7 Å². The Morgan fingerprint density at radius 2 is 2.17 bits per heavy atom. The van der Waals surface area contributed by atoms with Crippen LogP contribution in [0.3, 0.4) is 0 Å². The summed E-state index contributed by atoms with van der Waals surface area (Å²) in [5, 5.41) is -0.716. The summed E-state index contributed by atoms with van der Waals surface area (Å²) in [7, 11) is -1.83. The molecule has 0 bridgehead atoms. The third-order valence-electron chi connectivity index (χ3n) is 3.37. The second-order valence-electron chi connectivity index (χ2n) is 4.83. The summed E-state index contributed by atoms with van der Waals surface area (Å²) < 4.78 is 41.6. The Balaban J connectivity index is 2.39. The average Bonchev–Trinajstić information content (AvgIpc) is 2.85. The number of rotatable bonds is 4. The molecule has 1 aromatic carbocycles. The van der Waals surface area contributed by atoms with Gasteiger partial charge in [0.25, 0.3) is 0 Å². The summed E-state index contributed by atoms with van der Waals surface area (Å²) in [6.07, 6.45) is 1.15. The van der Waals surface area contributed by atoms with Crippen molar-refractivity contribution in [3.8, 4) is 0 Å². The molecule has 0 aliphatic heterocycles. The van der Waals surface area contributed by atoms with E-state index in [4.69, 9.17) is 10.5 Å². The smallest absolute Gasteiger partial charge is 0.152 e. The summed E-state index contributed by atoms with van der Waals surface area (Å²) in [6.45, 7) is 0.131. The zero-order chi connectivity index (χ0) is 13.6. The normalized spacial score (nSPS) is 31.3. The molecule has 1 fully saturated rings. The van der Waals surface area contributed by atoms with Gasteiger partial charge in [0.15, 0.2) is 9.84 Å². The zero-order valence-electron chi connectivity index (χ0n) is 10.3. The largest absolute Gasteiger partial charge is 0.383 e. The number of hydrogen-bond donors (Lipinski definition) is 1. The molecule has 6 heteroatoms. The van der Waals surface area contributed by atoms with E-state index in [0.29, 0.717) is 5.56 Å². The van der Waals surface area contributed by atoms with E-state index in [9.17, 15) is 12.8 Å². The predicted octanol–water partition coefficient (Wildman–Crippen LogP) is 0.680. The van der Waals surface area contributed by atoms with E-state index >= 15 is 0 Å². The number of nitrogens with two attached hydrogens (primary N) is 1. The number of halogens is 1. The fourth-order valence-electron chi connectivity index (χ4n) is 2.68. The topological polar surface area (TPSA) is 69.4 Å². The van der Waals surface area contributed by atoms with E-state index < -0.39 is 32.4 Å². The van der Waals surface area contributed by atoms with E-state index in [0.717, 1.165) is 6.26 Å². The maximum Gasteiger partial charge on any atom is 0.152 e. The molecule has 2 rings (SSSR count). The van der Waals surface area contributed by atoms with Gasteiger partial charge in [0.1, 0.15) is 5.82 Å². The molecule has 100 valence electrons. The molecule has 0 aromatic heterocycles.